The lowest BCUT2D eigenvalue weighted by molar-refractivity contribution is 0.104. The van der Waals surface area contributed by atoms with Crippen molar-refractivity contribution in [3.05, 3.63) is 70.5 Å². The molecule has 0 saturated carbocycles. The largest absolute Gasteiger partial charge is 0.507 e. The van der Waals surface area contributed by atoms with Crippen LogP contribution in [0.3, 0.4) is 0 Å². The molecule has 2 nitrogen and oxygen atoms in total. The van der Waals surface area contributed by atoms with Gasteiger partial charge in [-0.15, -0.1) is 0 Å². The molecule has 0 heterocycles. The summed E-state index contributed by atoms with van der Waals surface area (Å²) < 4.78 is 13.0. The fourth-order valence-corrected chi connectivity index (χ4v) is 1.77. The van der Waals surface area contributed by atoms with Gasteiger partial charge in [0.1, 0.15) is 11.6 Å². The summed E-state index contributed by atoms with van der Waals surface area (Å²) in [5.41, 5.74) is 0.594. The Bertz CT molecular complexity index is 650. The first-order valence-corrected chi connectivity index (χ1v) is 5.91. The van der Waals surface area contributed by atoms with Gasteiger partial charge in [0.05, 0.1) is 5.56 Å². The molecule has 2 aromatic rings. The molecule has 96 valence electrons. The van der Waals surface area contributed by atoms with Crippen molar-refractivity contribution in [2.45, 2.75) is 0 Å². The third-order valence-electron chi connectivity index (χ3n) is 2.54. The van der Waals surface area contributed by atoms with Crippen LogP contribution in [0.4, 0.5) is 4.39 Å². The fourth-order valence-electron chi connectivity index (χ4n) is 1.57. The Morgan fingerprint density at radius 2 is 1.95 bits per heavy atom. The third kappa shape index (κ3) is 3.20. The highest BCUT2D eigenvalue weighted by atomic mass is 35.5. The van der Waals surface area contributed by atoms with E-state index in [1.54, 1.807) is 24.3 Å². The summed E-state index contributed by atoms with van der Waals surface area (Å²) in [6.45, 7) is 0. The zero-order chi connectivity index (χ0) is 13.8. The number of rotatable bonds is 3. The second-order valence-electron chi connectivity index (χ2n) is 3.88. The van der Waals surface area contributed by atoms with Gasteiger partial charge in [0.25, 0.3) is 0 Å². The quantitative estimate of drug-likeness (QED) is 0.677. The van der Waals surface area contributed by atoms with Crippen LogP contribution >= 0.6 is 11.6 Å². The van der Waals surface area contributed by atoms with Crippen LogP contribution < -0.4 is 0 Å². The van der Waals surface area contributed by atoms with E-state index >= 15 is 0 Å². The molecular formula is C15H10ClFO2. The number of ketones is 1. The summed E-state index contributed by atoms with van der Waals surface area (Å²) in [4.78, 5) is 11.8. The van der Waals surface area contributed by atoms with Crippen LogP contribution in [-0.4, -0.2) is 10.9 Å². The van der Waals surface area contributed by atoms with E-state index in [1.807, 2.05) is 0 Å². The van der Waals surface area contributed by atoms with Gasteiger partial charge in [-0.3, -0.25) is 4.79 Å². The minimum atomic E-state index is -0.577. The van der Waals surface area contributed by atoms with Crippen molar-refractivity contribution in [2.75, 3.05) is 0 Å². The molecule has 19 heavy (non-hydrogen) atoms. The van der Waals surface area contributed by atoms with Gasteiger partial charge in [-0.05, 0) is 42.0 Å². The molecule has 0 aliphatic rings. The van der Waals surface area contributed by atoms with Gasteiger partial charge in [-0.1, -0.05) is 29.8 Å². The van der Waals surface area contributed by atoms with Gasteiger partial charge in [0.15, 0.2) is 5.78 Å². The minimum Gasteiger partial charge on any atom is -0.507 e. The monoisotopic (exact) mass is 276 g/mol. The third-order valence-corrected chi connectivity index (χ3v) is 2.89. The van der Waals surface area contributed by atoms with Gasteiger partial charge in [-0.2, -0.15) is 0 Å². The SMILES string of the molecule is O=C(C=Cc1ccccc1Cl)c1cc(F)ccc1O. The molecule has 0 amide bonds. The Morgan fingerprint density at radius 1 is 1.21 bits per heavy atom. The zero-order valence-corrected chi connectivity index (χ0v) is 10.6. The Hall–Kier alpha value is -2.13. The summed E-state index contributed by atoms with van der Waals surface area (Å²) in [5.74, 6) is -1.32. The van der Waals surface area contributed by atoms with Gasteiger partial charge in [0, 0.05) is 5.02 Å². The number of hydrogen-bond acceptors (Lipinski definition) is 2. The molecule has 0 spiro atoms. The Balaban J connectivity index is 2.26. The van der Waals surface area contributed by atoms with Gasteiger partial charge >= 0.3 is 0 Å². The molecule has 0 radical (unpaired) electrons. The number of aromatic hydroxyl groups is 1. The van der Waals surface area contributed by atoms with Crippen LogP contribution in [0.25, 0.3) is 6.08 Å². The lowest BCUT2D eigenvalue weighted by Crippen LogP contribution is -1.95. The second kappa shape index (κ2) is 5.67. The van der Waals surface area contributed by atoms with Crippen molar-refractivity contribution in [3.63, 3.8) is 0 Å². The highest BCUT2D eigenvalue weighted by Crippen LogP contribution is 2.20. The van der Waals surface area contributed by atoms with Crippen molar-refractivity contribution in [2.24, 2.45) is 0 Å². The minimum absolute atomic E-state index is 0.0803. The number of hydrogen-bond donors (Lipinski definition) is 1. The number of phenols is 1. The zero-order valence-electron chi connectivity index (χ0n) is 9.81. The number of allylic oxidation sites excluding steroid dienone is 1. The Kier molecular flexibility index (Phi) is 3.97. The molecule has 2 rings (SSSR count). The molecule has 2 aromatic carbocycles. The Morgan fingerprint density at radius 3 is 2.68 bits per heavy atom. The molecule has 0 aliphatic carbocycles. The maximum absolute atomic E-state index is 13.0. The van der Waals surface area contributed by atoms with Gasteiger partial charge in [0.2, 0.25) is 0 Å². The molecule has 0 atom stereocenters. The molecular weight excluding hydrogens is 267 g/mol. The lowest BCUT2D eigenvalue weighted by atomic mass is 10.1. The van der Waals surface area contributed by atoms with Crippen molar-refractivity contribution < 1.29 is 14.3 Å². The van der Waals surface area contributed by atoms with Crippen molar-refractivity contribution in [1.29, 1.82) is 0 Å². The molecule has 0 aliphatic heterocycles. The van der Waals surface area contributed by atoms with E-state index in [2.05, 4.69) is 0 Å². The number of phenolic OH excluding ortho intramolecular Hbond substituents is 1. The molecule has 0 unspecified atom stereocenters. The second-order valence-corrected chi connectivity index (χ2v) is 4.29. The summed E-state index contributed by atoms with van der Waals surface area (Å²) in [6, 6.07) is 10.2. The summed E-state index contributed by atoms with van der Waals surface area (Å²) in [5, 5.41) is 10.0. The van der Waals surface area contributed by atoms with Crippen LogP contribution in [0.2, 0.25) is 5.02 Å². The van der Waals surface area contributed by atoms with E-state index in [1.165, 1.54) is 12.2 Å². The van der Waals surface area contributed by atoms with E-state index in [0.717, 1.165) is 18.2 Å². The van der Waals surface area contributed by atoms with Gasteiger partial charge in [-0.25, -0.2) is 4.39 Å². The first-order valence-electron chi connectivity index (χ1n) is 5.53. The average Bonchev–Trinajstić information content (AvgIpc) is 2.40. The van der Waals surface area contributed by atoms with Crippen molar-refractivity contribution in [1.82, 2.24) is 0 Å². The van der Waals surface area contributed by atoms with Crippen LogP contribution in [0.15, 0.2) is 48.5 Å². The summed E-state index contributed by atoms with van der Waals surface area (Å²) >= 11 is 5.94. The predicted octanol–water partition coefficient (Wildman–Crippen LogP) is 4.08. The van der Waals surface area contributed by atoms with Crippen LogP contribution in [0.5, 0.6) is 5.75 Å². The highest BCUT2D eigenvalue weighted by molar-refractivity contribution is 6.32. The van der Waals surface area contributed by atoms with Crippen LogP contribution in [0.1, 0.15) is 15.9 Å². The molecule has 0 fully saturated rings. The standard InChI is InChI=1S/C15H10ClFO2/c16-13-4-2-1-3-10(13)5-7-14(18)12-9-11(17)6-8-15(12)19/h1-9,19H. The molecule has 0 aromatic heterocycles. The van der Waals surface area contributed by atoms with Crippen LogP contribution in [0, 0.1) is 5.82 Å². The highest BCUT2D eigenvalue weighted by Gasteiger charge is 2.09. The molecule has 4 heteroatoms. The van der Waals surface area contributed by atoms with Crippen LogP contribution in [-0.2, 0) is 0 Å². The number of benzene rings is 2. The number of carbonyl (C=O) groups excluding carboxylic acids is 1. The summed E-state index contributed by atoms with van der Waals surface area (Å²) in [7, 11) is 0. The maximum Gasteiger partial charge on any atom is 0.189 e. The smallest absolute Gasteiger partial charge is 0.189 e. The Labute approximate surface area is 114 Å². The number of carbonyl (C=O) groups is 1. The van der Waals surface area contributed by atoms with Gasteiger partial charge < -0.3 is 5.11 Å². The maximum atomic E-state index is 13.0. The lowest BCUT2D eigenvalue weighted by Gasteiger charge is -2.00. The molecule has 0 bridgehead atoms. The average molecular weight is 277 g/mol. The fraction of sp³-hybridized carbons (Fsp3) is 0. The van der Waals surface area contributed by atoms with E-state index < -0.39 is 11.6 Å². The molecule has 0 saturated heterocycles. The normalized spacial score (nSPS) is 10.8. The number of halogens is 2. The molecule has 1 N–H and O–H groups in total. The topological polar surface area (TPSA) is 37.3 Å². The van der Waals surface area contributed by atoms with E-state index in [-0.39, 0.29) is 11.3 Å². The van der Waals surface area contributed by atoms with E-state index in [0.29, 0.717) is 10.6 Å². The predicted molar refractivity (Wildman–Crippen MR) is 72.9 cm³/mol. The summed E-state index contributed by atoms with van der Waals surface area (Å²) in [6.07, 6.45) is 2.77. The first-order chi connectivity index (χ1) is 9.08. The van der Waals surface area contributed by atoms with Crippen molar-refractivity contribution >= 4 is 23.5 Å². The van der Waals surface area contributed by atoms with E-state index in [9.17, 15) is 14.3 Å². The van der Waals surface area contributed by atoms with E-state index in [4.69, 9.17) is 11.6 Å². The first kappa shape index (κ1) is 13.3. The van der Waals surface area contributed by atoms with Crippen molar-refractivity contribution in [3.8, 4) is 5.75 Å².